The Balaban J connectivity index is 3.64. The molecule has 0 saturated heterocycles. The first kappa shape index (κ1) is 12.6. The van der Waals surface area contributed by atoms with Crippen molar-refractivity contribution in [2.45, 2.75) is 13.8 Å². The second kappa shape index (κ2) is 5.34. The molecule has 4 nitrogen and oxygen atoms in total. The van der Waals surface area contributed by atoms with Crippen LogP contribution in [-0.4, -0.2) is 40.4 Å². The largest absolute Gasteiger partial charge is 0.481 e. The molecule has 0 amide bonds. The van der Waals surface area contributed by atoms with Crippen molar-refractivity contribution in [1.82, 2.24) is 5.32 Å². The molecule has 0 aliphatic carbocycles. The van der Waals surface area contributed by atoms with Gasteiger partial charge in [0.1, 0.15) is 0 Å². The molecule has 0 bridgehead atoms. The van der Waals surface area contributed by atoms with Crippen molar-refractivity contribution >= 4 is 16.8 Å². The number of aliphatic carboxylic acids is 1. The topological polar surface area (TPSA) is 66.4 Å². The highest BCUT2D eigenvalue weighted by Gasteiger charge is 2.26. The van der Waals surface area contributed by atoms with Crippen LogP contribution in [-0.2, 0) is 15.6 Å². The molecule has 0 aromatic heterocycles. The minimum absolute atomic E-state index is 0.402. The van der Waals surface area contributed by atoms with Crippen LogP contribution in [0.25, 0.3) is 0 Å². The molecule has 2 N–H and O–H groups in total. The zero-order valence-corrected chi connectivity index (χ0v) is 9.11. The Hall–Kier alpha value is -0.420. The van der Waals surface area contributed by atoms with E-state index in [1.165, 1.54) is 0 Å². The number of carbonyl (C=O) groups is 1. The van der Waals surface area contributed by atoms with Crippen molar-refractivity contribution in [2.24, 2.45) is 5.41 Å². The van der Waals surface area contributed by atoms with Gasteiger partial charge in [0.15, 0.2) is 0 Å². The molecule has 0 aromatic carbocycles. The van der Waals surface area contributed by atoms with E-state index in [1.54, 1.807) is 20.1 Å². The van der Waals surface area contributed by atoms with Crippen LogP contribution in [0.1, 0.15) is 13.8 Å². The SMILES string of the molecule is CS(=O)CCNCC(C)(C)C(=O)O. The molecular weight excluding hydrogens is 190 g/mol. The maximum atomic E-state index is 10.7. The molecule has 1 atom stereocenters. The van der Waals surface area contributed by atoms with Gasteiger partial charge in [0, 0.05) is 35.9 Å². The van der Waals surface area contributed by atoms with E-state index in [0.717, 1.165) is 0 Å². The Labute approximate surface area is 81.2 Å². The molecule has 0 aromatic rings. The molecule has 0 fully saturated rings. The Morgan fingerprint density at radius 3 is 2.46 bits per heavy atom. The van der Waals surface area contributed by atoms with E-state index >= 15 is 0 Å². The minimum Gasteiger partial charge on any atom is -0.481 e. The van der Waals surface area contributed by atoms with E-state index in [0.29, 0.717) is 18.8 Å². The fraction of sp³-hybridized carbons (Fsp3) is 0.875. The average Bonchev–Trinajstić information content (AvgIpc) is 1.97. The zero-order chi connectivity index (χ0) is 10.5. The van der Waals surface area contributed by atoms with Crippen LogP contribution < -0.4 is 5.32 Å². The molecule has 0 heterocycles. The molecule has 0 aliphatic rings. The predicted octanol–water partition coefficient (Wildman–Crippen LogP) is 0.0653. The van der Waals surface area contributed by atoms with Crippen molar-refractivity contribution in [1.29, 1.82) is 0 Å². The predicted molar refractivity (Wildman–Crippen MR) is 53.2 cm³/mol. The molecule has 0 radical (unpaired) electrons. The lowest BCUT2D eigenvalue weighted by Crippen LogP contribution is -2.37. The Kier molecular flexibility index (Phi) is 5.17. The quantitative estimate of drug-likeness (QED) is 0.605. The molecule has 1 unspecified atom stereocenters. The molecule has 5 heteroatoms. The van der Waals surface area contributed by atoms with Crippen LogP contribution in [0.15, 0.2) is 0 Å². The maximum Gasteiger partial charge on any atom is 0.310 e. The highest BCUT2D eigenvalue weighted by molar-refractivity contribution is 7.84. The summed E-state index contributed by atoms with van der Waals surface area (Å²) in [6.07, 6.45) is 1.63. The van der Waals surface area contributed by atoms with E-state index in [1.807, 2.05) is 0 Å². The lowest BCUT2D eigenvalue weighted by molar-refractivity contribution is -0.146. The molecular formula is C8H17NO3S. The average molecular weight is 207 g/mol. The van der Waals surface area contributed by atoms with E-state index in [4.69, 9.17) is 5.11 Å². The van der Waals surface area contributed by atoms with Gasteiger partial charge >= 0.3 is 5.97 Å². The Morgan fingerprint density at radius 1 is 1.54 bits per heavy atom. The van der Waals surface area contributed by atoms with E-state index in [-0.39, 0.29) is 0 Å². The van der Waals surface area contributed by atoms with Crippen molar-refractivity contribution in [3.63, 3.8) is 0 Å². The smallest absolute Gasteiger partial charge is 0.310 e. The van der Waals surface area contributed by atoms with Crippen molar-refractivity contribution in [3.8, 4) is 0 Å². The fourth-order valence-corrected chi connectivity index (χ4v) is 1.12. The molecule has 78 valence electrons. The monoisotopic (exact) mass is 207 g/mol. The molecule has 0 aliphatic heterocycles. The zero-order valence-electron chi connectivity index (χ0n) is 8.29. The van der Waals surface area contributed by atoms with Crippen LogP contribution in [0.5, 0.6) is 0 Å². The van der Waals surface area contributed by atoms with Crippen molar-refractivity contribution in [2.75, 3.05) is 25.1 Å². The Morgan fingerprint density at radius 2 is 2.08 bits per heavy atom. The third kappa shape index (κ3) is 5.76. The summed E-state index contributed by atoms with van der Waals surface area (Å²) in [7, 11) is -0.814. The summed E-state index contributed by atoms with van der Waals surface area (Å²) in [6.45, 7) is 4.32. The first-order valence-electron chi connectivity index (χ1n) is 4.10. The van der Waals surface area contributed by atoms with Crippen molar-refractivity contribution in [3.05, 3.63) is 0 Å². The standard InChI is InChI=1S/C8H17NO3S/c1-8(2,7(10)11)6-9-4-5-13(3)12/h9H,4-6H2,1-3H3,(H,10,11). The summed E-state index contributed by atoms with van der Waals surface area (Å²) in [4.78, 5) is 10.6. The van der Waals surface area contributed by atoms with E-state index in [9.17, 15) is 9.00 Å². The number of rotatable bonds is 6. The summed E-state index contributed by atoms with van der Waals surface area (Å²) in [6, 6.07) is 0. The van der Waals surface area contributed by atoms with Crippen LogP contribution in [0.3, 0.4) is 0 Å². The third-order valence-electron chi connectivity index (χ3n) is 1.71. The van der Waals surface area contributed by atoms with Gasteiger partial charge in [-0.1, -0.05) is 0 Å². The normalized spacial score (nSPS) is 14.1. The van der Waals surface area contributed by atoms with Crippen LogP contribution in [0.4, 0.5) is 0 Å². The van der Waals surface area contributed by atoms with Gasteiger partial charge in [0.25, 0.3) is 0 Å². The highest BCUT2D eigenvalue weighted by Crippen LogP contribution is 2.12. The second-order valence-corrected chi connectivity index (χ2v) is 5.20. The van der Waals surface area contributed by atoms with Gasteiger partial charge < -0.3 is 10.4 Å². The van der Waals surface area contributed by atoms with Crippen LogP contribution >= 0.6 is 0 Å². The van der Waals surface area contributed by atoms with Gasteiger partial charge in [0.05, 0.1) is 5.41 Å². The first-order valence-corrected chi connectivity index (χ1v) is 5.83. The highest BCUT2D eigenvalue weighted by atomic mass is 32.2. The number of hydrogen-bond acceptors (Lipinski definition) is 3. The minimum atomic E-state index is -0.822. The van der Waals surface area contributed by atoms with Gasteiger partial charge in [-0.15, -0.1) is 0 Å². The number of carboxylic acids is 1. The lowest BCUT2D eigenvalue weighted by atomic mass is 9.94. The maximum absolute atomic E-state index is 10.7. The fourth-order valence-electron chi connectivity index (χ4n) is 0.692. The Bertz CT molecular complexity index is 204. The summed E-state index contributed by atoms with van der Waals surface area (Å²) >= 11 is 0. The van der Waals surface area contributed by atoms with E-state index in [2.05, 4.69) is 5.32 Å². The number of hydrogen-bond donors (Lipinski definition) is 2. The number of nitrogens with one attached hydrogen (secondary N) is 1. The summed E-state index contributed by atoms with van der Waals surface area (Å²) in [5.74, 6) is -0.256. The molecule has 13 heavy (non-hydrogen) atoms. The van der Waals surface area contributed by atoms with Crippen LogP contribution in [0, 0.1) is 5.41 Å². The lowest BCUT2D eigenvalue weighted by Gasteiger charge is -2.19. The van der Waals surface area contributed by atoms with E-state index < -0.39 is 22.2 Å². The summed E-state index contributed by atoms with van der Waals surface area (Å²) < 4.78 is 10.7. The van der Waals surface area contributed by atoms with Gasteiger partial charge in [-0.2, -0.15) is 0 Å². The molecule has 0 rings (SSSR count). The molecule has 0 spiro atoms. The second-order valence-electron chi connectivity index (χ2n) is 3.64. The summed E-state index contributed by atoms with van der Waals surface area (Å²) in [5.41, 5.74) is -0.755. The van der Waals surface area contributed by atoms with Gasteiger partial charge in [0.2, 0.25) is 0 Å². The van der Waals surface area contributed by atoms with Gasteiger partial charge in [-0.25, -0.2) is 0 Å². The first-order chi connectivity index (χ1) is 5.86. The van der Waals surface area contributed by atoms with Crippen LogP contribution in [0.2, 0.25) is 0 Å². The third-order valence-corrected chi connectivity index (χ3v) is 2.49. The van der Waals surface area contributed by atoms with Gasteiger partial charge in [-0.05, 0) is 13.8 Å². The summed E-state index contributed by atoms with van der Waals surface area (Å²) in [5, 5.41) is 11.7. The van der Waals surface area contributed by atoms with Crippen molar-refractivity contribution < 1.29 is 14.1 Å². The van der Waals surface area contributed by atoms with Gasteiger partial charge in [-0.3, -0.25) is 9.00 Å². The number of carboxylic acid groups (broad SMARTS) is 1. The molecule has 0 saturated carbocycles.